The van der Waals surface area contributed by atoms with Crippen LogP contribution in [0.25, 0.3) is 0 Å². The minimum absolute atomic E-state index is 0.0397. The SMILES string of the molecule is COC1(C(C(=O)C(C)C)c2ccccc2)CCCC1. The molecule has 19 heavy (non-hydrogen) atoms. The Balaban J connectivity index is 2.42. The predicted molar refractivity (Wildman–Crippen MR) is 77.2 cm³/mol. The topological polar surface area (TPSA) is 26.3 Å². The van der Waals surface area contributed by atoms with Crippen LogP contribution in [0.15, 0.2) is 30.3 Å². The summed E-state index contributed by atoms with van der Waals surface area (Å²) in [7, 11) is 1.76. The average Bonchev–Trinajstić information content (AvgIpc) is 2.90. The molecule has 0 saturated heterocycles. The van der Waals surface area contributed by atoms with Crippen LogP contribution in [-0.4, -0.2) is 18.5 Å². The first kappa shape index (κ1) is 14.3. The van der Waals surface area contributed by atoms with Crippen molar-refractivity contribution >= 4 is 5.78 Å². The van der Waals surface area contributed by atoms with Crippen molar-refractivity contribution in [3.8, 4) is 0 Å². The Labute approximate surface area is 116 Å². The molecule has 2 rings (SSSR count). The normalized spacial score (nSPS) is 19.6. The molecule has 1 atom stereocenters. The first-order valence-corrected chi connectivity index (χ1v) is 7.24. The largest absolute Gasteiger partial charge is 0.377 e. The van der Waals surface area contributed by atoms with E-state index in [0.717, 1.165) is 31.2 Å². The van der Waals surface area contributed by atoms with Gasteiger partial charge in [0.25, 0.3) is 0 Å². The van der Waals surface area contributed by atoms with Gasteiger partial charge in [0, 0.05) is 13.0 Å². The lowest BCUT2D eigenvalue weighted by atomic mass is 9.75. The van der Waals surface area contributed by atoms with Gasteiger partial charge in [-0.1, -0.05) is 57.0 Å². The average molecular weight is 260 g/mol. The van der Waals surface area contributed by atoms with Crippen LogP contribution in [0.3, 0.4) is 0 Å². The Morgan fingerprint density at radius 2 is 1.74 bits per heavy atom. The van der Waals surface area contributed by atoms with Gasteiger partial charge in [-0.05, 0) is 18.4 Å². The maximum atomic E-state index is 12.7. The number of carbonyl (C=O) groups is 1. The summed E-state index contributed by atoms with van der Waals surface area (Å²) in [5.41, 5.74) is 0.813. The zero-order valence-electron chi connectivity index (χ0n) is 12.2. The standard InChI is InChI=1S/C17H24O2/c1-13(2)16(18)15(14-9-5-4-6-10-14)17(19-3)11-7-8-12-17/h4-6,9-10,13,15H,7-8,11-12H2,1-3H3. The summed E-state index contributed by atoms with van der Waals surface area (Å²) in [5.74, 6) is 0.217. The number of benzene rings is 1. The molecular formula is C17H24O2. The molecule has 2 heteroatoms. The van der Waals surface area contributed by atoms with Crippen molar-refractivity contribution in [3.05, 3.63) is 35.9 Å². The lowest BCUT2D eigenvalue weighted by Gasteiger charge is -2.36. The summed E-state index contributed by atoms with van der Waals surface area (Å²) in [5, 5.41) is 0. The van der Waals surface area contributed by atoms with Crippen molar-refractivity contribution in [1.29, 1.82) is 0 Å². The molecule has 0 heterocycles. The maximum Gasteiger partial charge on any atom is 0.145 e. The maximum absolute atomic E-state index is 12.7. The third kappa shape index (κ3) is 2.74. The number of methoxy groups -OCH3 is 1. The number of Topliss-reactive ketones (excluding diaryl/α,β-unsaturated/α-hetero) is 1. The van der Waals surface area contributed by atoms with Crippen molar-refractivity contribution in [2.75, 3.05) is 7.11 Å². The first-order valence-electron chi connectivity index (χ1n) is 7.24. The van der Waals surface area contributed by atoms with Crippen LogP contribution in [0.5, 0.6) is 0 Å². The fraction of sp³-hybridized carbons (Fsp3) is 0.588. The molecule has 1 aliphatic carbocycles. The van der Waals surface area contributed by atoms with Crippen LogP contribution in [0, 0.1) is 5.92 Å². The van der Waals surface area contributed by atoms with Crippen LogP contribution >= 0.6 is 0 Å². The number of hydrogen-bond donors (Lipinski definition) is 0. The van der Waals surface area contributed by atoms with E-state index in [9.17, 15) is 4.79 Å². The molecule has 0 N–H and O–H groups in total. The summed E-state index contributed by atoms with van der Waals surface area (Å²) >= 11 is 0. The van der Waals surface area contributed by atoms with Crippen molar-refractivity contribution in [3.63, 3.8) is 0 Å². The molecule has 1 saturated carbocycles. The summed E-state index contributed by atoms with van der Waals surface area (Å²) in [6.07, 6.45) is 4.29. The minimum atomic E-state index is -0.289. The van der Waals surface area contributed by atoms with Crippen LogP contribution in [-0.2, 0) is 9.53 Å². The highest BCUT2D eigenvalue weighted by Gasteiger charge is 2.46. The molecule has 0 spiro atoms. The smallest absolute Gasteiger partial charge is 0.145 e. The second-order valence-electron chi connectivity index (χ2n) is 5.88. The van der Waals surface area contributed by atoms with Gasteiger partial charge in [-0.15, -0.1) is 0 Å². The highest BCUT2D eigenvalue weighted by atomic mass is 16.5. The van der Waals surface area contributed by atoms with E-state index in [4.69, 9.17) is 4.74 Å². The Hall–Kier alpha value is -1.15. The lowest BCUT2D eigenvalue weighted by molar-refractivity contribution is -0.132. The quantitative estimate of drug-likeness (QED) is 0.801. The Morgan fingerprint density at radius 3 is 2.21 bits per heavy atom. The molecule has 1 aromatic rings. The van der Waals surface area contributed by atoms with Gasteiger partial charge in [0.1, 0.15) is 5.78 Å². The van der Waals surface area contributed by atoms with Gasteiger partial charge in [0.05, 0.1) is 11.5 Å². The van der Waals surface area contributed by atoms with Gasteiger partial charge < -0.3 is 4.74 Å². The van der Waals surface area contributed by atoms with E-state index < -0.39 is 0 Å². The molecular weight excluding hydrogens is 236 g/mol. The Kier molecular flexibility index (Phi) is 4.41. The van der Waals surface area contributed by atoms with E-state index in [1.54, 1.807) is 7.11 Å². The Bertz CT molecular complexity index is 416. The van der Waals surface area contributed by atoms with Crippen molar-refractivity contribution in [2.45, 2.75) is 51.0 Å². The fourth-order valence-corrected chi connectivity index (χ4v) is 3.29. The summed E-state index contributed by atoms with van der Waals surface area (Å²) in [4.78, 5) is 12.7. The molecule has 0 bridgehead atoms. The first-order chi connectivity index (χ1) is 9.10. The zero-order valence-corrected chi connectivity index (χ0v) is 12.2. The van der Waals surface area contributed by atoms with E-state index >= 15 is 0 Å². The second kappa shape index (κ2) is 5.87. The van der Waals surface area contributed by atoms with E-state index in [-0.39, 0.29) is 17.4 Å². The van der Waals surface area contributed by atoms with Gasteiger partial charge in [-0.2, -0.15) is 0 Å². The van der Waals surface area contributed by atoms with Crippen molar-refractivity contribution in [2.24, 2.45) is 5.92 Å². The molecule has 0 aromatic heterocycles. The lowest BCUT2D eigenvalue weighted by Crippen LogP contribution is -2.41. The molecule has 0 aliphatic heterocycles. The predicted octanol–water partition coefficient (Wildman–Crippen LogP) is 3.95. The highest BCUT2D eigenvalue weighted by molar-refractivity contribution is 5.88. The second-order valence-corrected chi connectivity index (χ2v) is 5.88. The van der Waals surface area contributed by atoms with E-state index in [2.05, 4.69) is 12.1 Å². The molecule has 1 fully saturated rings. The van der Waals surface area contributed by atoms with Crippen LogP contribution in [0.4, 0.5) is 0 Å². The van der Waals surface area contributed by atoms with Gasteiger partial charge in [-0.25, -0.2) is 0 Å². The molecule has 2 nitrogen and oxygen atoms in total. The number of rotatable bonds is 5. The van der Waals surface area contributed by atoms with E-state index in [1.165, 1.54) is 0 Å². The van der Waals surface area contributed by atoms with E-state index in [0.29, 0.717) is 5.78 Å². The molecule has 0 amide bonds. The third-order valence-electron chi connectivity index (χ3n) is 4.37. The minimum Gasteiger partial charge on any atom is -0.377 e. The van der Waals surface area contributed by atoms with Crippen molar-refractivity contribution in [1.82, 2.24) is 0 Å². The number of hydrogen-bond acceptors (Lipinski definition) is 2. The number of ketones is 1. The van der Waals surface area contributed by atoms with Crippen LogP contribution in [0.2, 0.25) is 0 Å². The summed E-state index contributed by atoms with van der Waals surface area (Å²) in [6, 6.07) is 10.1. The summed E-state index contributed by atoms with van der Waals surface area (Å²) in [6.45, 7) is 3.97. The highest BCUT2D eigenvalue weighted by Crippen LogP contribution is 2.45. The molecule has 1 aromatic carbocycles. The fourth-order valence-electron chi connectivity index (χ4n) is 3.29. The van der Waals surface area contributed by atoms with Crippen molar-refractivity contribution < 1.29 is 9.53 Å². The van der Waals surface area contributed by atoms with E-state index in [1.807, 2.05) is 32.0 Å². The van der Waals surface area contributed by atoms with Gasteiger partial charge in [0.2, 0.25) is 0 Å². The monoisotopic (exact) mass is 260 g/mol. The number of carbonyl (C=O) groups excluding carboxylic acids is 1. The van der Waals surface area contributed by atoms with Crippen LogP contribution in [0.1, 0.15) is 51.0 Å². The van der Waals surface area contributed by atoms with Gasteiger partial charge in [0.15, 0.2) is 0 Å². The molecule has 1 aliphatic rings. The molecule has 104 valence electrons. The molecule has 1 unspecified atom stereocenters. The van der Waals surface area contributed by atoms with Gasteiger partial charge >= 0.3 is 0 Å². The third-order valence-corrected chi connectivity index (χ3v) is 4.37. The summed E-state index contributed by atoms with van der Waals surface area (Å²) < 4.78 is 5.87. The number of ether oxygens (including phenoxy) is 1. The Morgan fingerprint density at radius 1 is 1.16 bits per heavy atom. The molecule has 0 radical (unpaired) electrons. The zero-order chi connectivity index (χ0) is 13.9. The van der Waals surface area contributed by atoms with Gasteiger partial charge in [-0.3, -0.25) is 4.79 Å². The van der Waals surface area contributed by atoms with Crippen LogP contribution < -0.4 is 0 Å².